The quantitative estimate of drug-likeness (QED) is 0.465. The van der Waals surface area contributed by atoms with Gasteiger partial charge in [0.1, 0.15) is 0 Å². The van der Waals surface area contributed by atoms with Crippen LogP contribution in [0.5, 0.6) is 0 Å². The fourth-order valence-corrected chi connectivity index (χ4v) is 3.59. The third-order valence-electron chi connectivity index (χ3n) is 4.24. The summed E-state index contributed by atoms with van der Waals surface area (Å²) in [7, 11) is 0. The van der Waals surface area contributed by atoms with Gasteiger partial charge in [-0.25, -0.2) is 4.98 Å². The average Bonchev–Trinajstić information content (AvgIpc) is 2.67. The van der Waals surface area contributed by atoms with Crippen molar-refractivity contribution in [1.82, 2.24) is 9.97 Å². The number of halogens is 1. The van der Waals surface area contributed by atoms with Gasteiger partial charge in [-0.2, -0.15) is 0 Å². The van der Waals surface area contributed by atoms with Crippen LogP contribution < -0.4 is 10.9 Å². The van der Waals surface area contributed by atoms with E-state index in [0.717, 1.165) is 11.1 Å². The second kappa shape index (κ2) is 9.08. The molecule has 0 radical (unpaired) electrons. The maximum Gasteiger partial charge on any atom is 0.255 e. The van der Waals surface area contributed by atoms with Crippen LogP contribution in [0.3, 0.4) is 0 Å². The third kappa shape index (κ3) is 5.24. The lowest BCUT2D eigenvalue weighted by molar-refractivity contribution is -0.113. The summed E-state index contributed by atoms with van der Waals surface area (Å²) in [5.74, 6) is -0.0594. The standard InChI is InChI=1S/C21H20ClN3O2S/c1-13-8-9-16(22)11-18(13)24-19(26)12-28-21-23-14(2)17(20(27)25-21)10-15-6-4-3-5-7-15/h3-9,11H,10,12H2,1-2H3,(H,24,26)(H,23,25,27). The molecule has 7 heteroatoms. The number of aromatic amines is 1. The second-order valence-corrected chi connectivity index (χ2v) is 7.79. The molecule has 0 unspecified atom stereocenters. The molecule has 1 amide bonds. The first-order valence-corrected chi connectivity index (χ1v) is 10.1. The molecule has 1 aromatic heterocycles. The first-order valence-electron chi connectivity index (χ1n) is 8.75. The highest BCUT2D eigenvalue weighted by Gasteiger charge is 2.12. The topological polar surface area (TPSA) is 74.8 Å². The molecule has 2 aromatic carbocycles. The molecule has 3 aromatic rings. The minimum absolute atomic E-state index is 0.131. The van der Waals surface area contributed by atoms with E-state index in [9.17, 15) is 9.59 Å². The number of nitrogens with one attached hydrogen (secondary N) is 2. The summed E-state index contributed by atoms with van der Waals surface area (Å²) in [5.41, 5.74) is 3.78. The molecule has 144 valence electrons. The molecule has 0 aliphatic carbocycles. The third-order valence-corrected chi connectivity index (χ3v) is 5.35. The summed E-state index contributed by atoms with van der Waals surface area (Å²) in [4.78, 5) is 31.9. The van der Waals surface area contributed by atoms with E-state index in [2.05, 4.69) is 15.3 Å². The van der Waals surface area contributed by atoms with E-state index in [4.69, 9.17) is 11.6 Å². The fraction of sp³-hybridized carbons (Fsp3) is 0.190. The zero-order valence-electron chi connectivity index (χ0n) is 15.6. The smallest absolute Gasteiger partial charge is 0.255 e. The first kappa shape index (κ1) is 20.2. The number of aromatic nitrogens is 2. The summed E-state index contributed by atoms with van der Waals surface area (Å²) in [5, 5.41) is 3.82. The van der Waals surface area contributed by atoms with Crippen LogP contribution in [0.1, 0.15) is 22.4 Å². The predicted octanol–water partition coefficient (Wildman–Crippen LogP) is 4.36. The van der Waals surface area contributed by atoms with Gasteiger partial charge >= 0.3 is 0 Å². The normalized spacial score (nSPS) is 10.7. The van der Waals surface area contributed by atoms with Crippen molar-refractivity contribution >= 4 is 35.0 Å². The Bertz CT molecular complexity index is 1050. The summed E-state index contributed by atoms with van der Waals surface area (Å²) in [6.07, 6.45) is 0.522. The molecule has 5 nitrogen and oxygen atoms in total. The van der Waals surface area contributed by atoms with Gasteiger partial charge in [0.2, 0.25) is 5.91 Å². The number of thioether (sulfide) groups is 1. The van der Waals surface area contributed by atoms with Crippen LogP contribution in [0.15, 0.2) is 58.5 Å². The highest BCUT2D eigenvalue weighted by Crippen LogP contribution is 2.21. The van der Waals surface area contributed by atoms with E-state index in [-0.39, 0.29) is 17.2 Å². The summed E-state index contributed by atoms with van der Waals surface area (Å²) in [6.45, 7) is 3.71. The molecule has 2 N–H and O–H groups in total. The molecule has 0 spiro atoms. The van der Waals surface area contributed by atoms with Crippen molar-refractivity contribution in [3.05, 3.63) is 86.3 Å². The minimum Gasteiger partial charge on any atom is -0.325 e. The highest BCUT2D eigenvalue weighted by molar-refractivity contribution is 7.99. The highest BCUT2D eigenvalue weighted by atomic mass is 35.5. The van der Waals surface area contributed by atoms with E-state index in [1.54, 1.807) is 12.1 Å². The Morgan fingerprint density at radius 1 is 1.18 bits per heavy atom. The van der Waals surface area contributed by atoms with Crippen molar-refractivity contribution in [2.45, 2.75) is 25.4 Å². The number of anilines is 1. The van der Waals surface area contributed by atoms with Gasteiger partial charge in [0.25, 0.3) is 5.56 Å². The predicted molar refractivity (Wildman–Crippen MR) is 114 cm³/mol. The molecule has 28 heavy (non-hydrogen) atoms. The zero-order valence-corrected chi connectivity index (χ0v) is 17.2. The Morgan fingerprint density at radius 2 is 1.93 bits per heavy atom. The largest absolute Gasteiger partial charge is 0.325 e. The summed E-state index contributed by atoms with van der Waals surface area (Å²) < 4.78 is 0. The fourth-order valence-electron chi connectivity index (χ4n) is 2.71. The molecule has 0 atom stereocenters. The molecular weight excluding hydrogens is 394 g/mol. The van der Waals surface area contributed by atoms with Crippen LogP contribution in [0.4, 0.5) is 5.69 Å². The van der Waals surface area contributed by atoms with E-state index in [0.29, 0.717) is 33.5 Å². The van der Waals surface area contributed by atoms with E-state index in [1.165, 1.54) is 11.8 Å². The average molecular weight is 414 g/mol. The van der Waals surface area contributed by atoms with Gasteiger partial charge in [-0.1, -0.05) is 59.8 Å². The Balaban J connectivity index is 1.65. The number of aryl methyl sites for hydroxylation is 2. The molecule has 0 bridgehead atoms. The van der Waals surface area contributed by atoms with Gasteiger partial charge in [-0.15, -0.1) is 0 Å². The van der Waals surface area contributed by atoms with E-state index in [1.807, 2.05) is 50.2 Å². The number of nitrogens with zero attached hydrogens (tertiary/aromatic N) is 1. The van der Waals surface area contributed by atoms with Crippen LogP contribution >= 0.6 is 23.4 Å². The lowest BCUT2D eigenvalue weighted by Gasteiger charge is -2.09. The lowest BCUT2D eigenvalue weighted by atomic mass is 10.1. The van der Waals surface area contributed by atoms with E-state index >= 15 is 0 Å². The number of hydrogen-bond donors (Lipinski definition) is 2. The van der Waals surface area contributed by atoms with Gasteiger partial charge in [0, 0.05) is 28.4 Å². The number of H-pyrrole nitrogens is 1. The van der Waals surface area contributed by atoms with Crippen molar-refractivity contribution in [1.29, 1.82) is 0 Å². The van der Waals surface area contributed by atoms with Crippen molar-refractivity contribution in [2.24, 2.45) is 0 Å². The molecular formula is C21H20ClN3O2S. The number of rotatable bonds is 6. The molecule has 0 saturated carbocycles. The van der Waals surface area contributed by atoms with Crippen LogP contribution in [0.25, 0.3) is 0 Å². The molecule has 0 aliphatic rings. The van der Waals surface area contributed by atoms with Crippen LogP contribution in [-0.2, 0) is 11.2 Å². The minimum atomic E-state index is -0.191. The Hall–Kier alpha value is -2.57. The molecule has 0 saturated heterocycles. The maximum absolute atomic E-state index is 12.5. The Morgan fingerprint density at radius 3 is 2.64 bits per heavy atom. The van der Waals surface area contributed by atoms with Crippen LogP contribution in [-0.4, -0.2) is 21.6 Å². The molecule has 0 fully saturated rings. The van der Waals surface area contributed by atoms with Crippen molar-refractivity contribution < 1.29 is 4.79 Å². The Labute approximate surface area is 172 Å². The van der Waals surface area contributed by atoms with Gasteiger partial charge in [0.15, 0.2) is 5.16 Å². The molecule has 1 heterocycles. The van der Waals surface area contributed by atoms with E-state index < -0.39 is 0 Å². The summed E-state index contributed by atoms with van der Waals surface area (Å²) >= 11 is 7.16. The zero-order chi connectivity index (χ0) is 20.1. The van der Waals surface area contributed by atoms with Crippen LogP contribution in [0, 0.1) is 13.8 Å². The number of carbonyl (C=O) groups excluding carboxylic acids is 1. The second-order valence-electron chi connectivity index (χ2n) is 6.39. The van der Waals surface area contributed by atoms with Gasteiger partial charge in [-0.05, 0) is 37.1 Å². The number of hydrogen-bond acceptors (Lipinski definition) is 4. The number of carbonyl (C=O) groups is 1. The van der Waals surface area contributed by atoms with Crippen molar-refractivity contribution in [2.75, 3.05) is 11.1 Å². The monoisotopic (exact) mass is 413 g/mol. The summed E-state index contributed by atoms with van der Waals surface area (Å²) in [6, 6.07) is 15.1. The van der Waals surface area contributed by atoms with Crippen LogP contribution in [0.2, 0.25) is 5.02 Å². The van der Waals surface area contributed by atoms with Gasteiger partial charge in [-0.3, -0.25) is 9.59 Å². The van der Waals surface area contributed by atoms with Crippen molar-refractivity contribution in [3.8, 4) is 0 Å². The maximum atomic E-state index is 12.5. The number of amides is 1. The Kier molecular flexibility index (Phi) is 6.54. The van der Waals surface area contributed by atoms with Gasteiger partial charge < -0.3 is 10.3 Å². The first-order chi connectivity index (χ1) is 13.4. The van der Waals surface area contributed by atoms with Crippen molar-refractivity contribution in [3.63, 3.8) is 0 Å². The lowest BCUT2D eigenvalue weighted by Crippen LogP contribution is -2.19. The molecule has 0 aliphatic heterocycles. The molecule has 3 rings (SSSR count). The van der Waals surface area contributed by atoms with Gasteiger partial charge in [0.05, 0.1) is 5.75 Å². The number of benzene rings is 2. The SMILES string of the molecule is Cc1ccc(Cl)cc1NC(=O)CSc1nc(C)c(Cc2ccccc2)c(=O)[nH]1.